The van der Waals surface area contributed by atoms with E-state index in [9.17, 15) is 4.79 Å². The molecule has 0 bridgehead atoms. The van der Waals surface area contributed by atoms with Gasteiger partial charge >= 0.3 is 0 Å². The first-order valence-corrected chi connectivity index (χ1v) is 8.35. The first kappa shape index (κ1) is 14.6. The molecular formula is C18H26N2O. The molecule has 2 fully saturated rings. The maximum absolute atomic E-state index is 12.7. The summed E-state index contributed by atoms with van der Waals surface area (Å²) in [5.74, 6) is 1.56. The Kier molecular flexibility index (Phi) is 4.59. The highest BCUT2D eigenvalue weighted by Crippen LogP contribution is 2.28. The number of likely N-dealkylation sites (tertiary alicyclic amines) is 1. The van der Waals surface area contributed by atoms with E-state index < -0.39 is 0 Å². The fourth-order valence-electron chi connectivity index (χ4n) is 3.73. The third-order valence-corrected chi connectivity index (χ3v) is 5.16. The van der Waals surface area contributed by atoms with E-state index in [0.29, 0.717) is 17.7 Å². The molecule has 2 aliphatic rings. The standard InChI is InChI=1S/C18H26N2O/c1-2-14-8-10-19-17(12-14)18(21)20-11-9-16(13-20)15-6-4-3-5-7-15/h3-7,14,16-17,19H,2,8-13H2,1H3. The van der Waals surface area contributed by atoms with Crippen LogP contribution in [-0.2, 0) is 4.79 Å². The Labute approximate surface area is 127 Å². The predicted molar refractivity (Wildman–Crippen MR) is 85.2 cm³/mol. The van der Waals surface area contributed by atoms with Gasteiger partial charge in [0, 0.05) is 19.0 Å². The largest absolute Gasteiger partial charge is 0.341 e. The zero-order chi connectivity index (χ0) is 14.7. The molecule has 2 heterocycles. The highest BCUT2D eigenvalue weighted by molar-refractivity contribution is 5.82. The smallest absolute Gasteiger partial charge is 0.239 e. The maximum atomic E-state index is 12.7. The third-order valence-electron chi connectivity index (χ3n) is 5.16. The van der Waals surface area contributed by atoms with E-state index in [4.69, 9.17) is 0 Å². The van der Waals surface area contributed by atoms with Crippen LogP contribution in [0, 0.1) is 5.92 Å². The molecule has 114 valence electrons. The normalized spacial score (nSPS) is 29.6. The second kappa shape index (κ2) is 6.61. The number of benzene rings is 1. The van der Waals surface area contributed by atoms with Crippen LogP contribution in [0.2, 0.25) is 0 Å². The maximum Gasteiger partial charge on any atom is 0.239 e. The molecule has 1 amide bonds. The van der Waals surface area contributed by atoms with Crippen LogP contribution in [0.3, 0.4) is 0 Å². The van der Waals surface area contributed by atoms with Crippen molar-refractivity contribution < 1.29 is 4.79 Å². The van der Waals surface area contributed by atoms with Crippen LogP contribution < -0.4 is 5.32 Å². The summed E-state index contributed by atoms with van der Waals surface area (Å²) >= 11 is 0. The average molecular weight is 286 g/mol. The first-order valence-electron chi connectivity index (χ1n) is 8.35. The van der Waals surface area contributed by atoms with Gasteiger partial charge in [0.1, 0.15) is 0 Å². The zero-order valence-corrected chi connectivity index (χ0v) is 12.9. The van der Waals surface area contributed by atoms with Gasteiger partial charge in [0.25, 0.3) is 0 Å². The molecular weight excluding hydrogens is 260 g/mol. The fraction of sp³-hybridized carbons (Fsp3) is 0.611. The van der Waals surface area contributed by atoms with Crippen molar-refractivity contribution in [2.45, 2.75) is 44.6 Å². The van der Waals surface area contributed by atoms with Gasteiger partial charge in [-0.05, 0) is 37.3 Å². The Morgan fingerprint density at radius 2 is 2.10 bits per heavy atom. The van der Waals surface area contributed by atoms with Gasteiger partial charge in [-0.15, -0.1) is 0 Å². The summed E-state index contributed by atoms with van der Waals surface area (Å²) in [6, 6.07) is 10.7. The minimum absolute atomic E-state index is 0.0539. The molecule has 0 saturated carbocycles. The third kappa shape index (κ3) is 3.29. The SMILES string of the molecule is CCC1CCNC(C(=O)N2CCC(c3ccccc3)C2)C1. The molecule has 0 aromatic heterocycles. The van der Waals surface area contributed by atoms with Gasteiger partial charge in [0.05, 0.1) is 6.04 Å². The van der Waals surface area contributed by atoms with Gasteiger partial charge in [-0.1, -0.05) is 43.7 Å². The number of carbonyl (C=O) groups is 1. The molecule has 0 spiro atoms. The molecule has 21 heavy (non-hydrogen) atoms. The van der Waals surface area contributed by atoms with Crippen molar-refractivity contribution in [2.75, 3.05) is 19.6 Å². The van der Waals surface area contributed by atoms with E-state index in [0.717, 1.165) is 32.5 Å². The number of hydrogen-bond donors (Lipinski definition) is 1. The van der Waals surface area contributed by atoms with E-state index in [2.05, 4.69) is 47.5 Å². The van der Waals surface area contributed by atoms with E-state index in [1.54, 1.807) is 0 Å². The van der Waals surface area contributed by atoms with Crippen molar-refractivity contribution in [2.24, 2.45) is 5.92 Å². The van der Waals surface area contributed by atoms with E-state index in [-0.39, 0.29) is 6.04 Å². The molecule has 2 aliphatic heterocycles. The van der Waals surface area contributed by atoms with E-state index in [1.165, 1.54) is 18.4 Å². The number of nitrogens with zero attached hydrogens (tertiary/aromatic N) is 1. The minimum Gasteiger partial charge on any atom is -0.341 e. The van der Waals surface area contributed by atoms with Gasteiger partial charge < -0.3 is 10.2 Å². The lowest BCUT2D eigenvalue weighted by Gasteiger charge is -2.31. The molecule has 3 rings (SSSR count). The van der Waals surface area contributed by atoms with Crippen molar-refractivity contribution in [3.05, 3.63) is 35.9 Å². The summed E-state index contributed by atoms with van der Waals surface area (Å²) in [4.78, 5) is 14.8. The summed E-state index contributed by atoms with van der Waals surface area (Å²) in [7, 11) is 0. The summed E-state index contributed by atoms with van der Waals surface area (Å²) in [6.45, 7) is 5.02. The molecule has 3 unspecified atom stereocenters. The van der Waals surface area contributed by atoms with Crippen LogP contribution in [0.1, 0.15) is 44.1 Å². The second-order valence-corrected chi connectivity index (χ2v) is 6.49. The number of rotatable bonds is 3. The van der Waals surface area contributed by atoms with Crippen LogP contribution >= 0.6 is 0 Å². The Bertz CT molecular complexity index is 473. The Hall–Kier alpha value is -1.35. The molecule has 3 heteroatoms. The van der Waals surface area contributed by atoms with Crippen LogP contribution in [-0.4, -0.2) is 36.5 Å². The summed E-state index contributed by atoms with van der Waals surface area (Å²) in [5, 5.41) is 3.42. The van der Waals surface area contributed by atoms with Crippen molar-refractivity contribution >= 4 is 5.91 Å². The van der Waals surface area contributed by atoms with Gasteiger partial charge in [0.2, 0.25) is 5.91 Å². The lowest BCUT2D eigenvalue weighted by atomic mass is 9.90. The summed E-state index contributed by atoms with van der Waals surface area (Å²) in [6.07, 6.45) is 4.52. The van der Waals surface area contributed by atoms with Crippen LogP contribution in [0.4, 0.5) is 0 Å². The molecule has 1 aromatic rings. The van der Waals surface area contributed by atoms with Gasteiger partial charge in [-0.3, -0.25) is 4.79 Å². The summed E-state index contributed by atoms with van der Waals surface area (Å²) in [5.41, 5.74) is 1.37. The van der Waals surface area contributed by atoms with Crippen molar-refractivity contribution in [1.82, 2.24) is 10.2 Å². The quantitative estimate of drug-likeness (QED) is 0.926. The van der Waals surface area contributed by atoms with Crippen molar-refractivity contribution in [1.29, 1.82) is 0 Å². The number of hydrogen-bond acceptors (Lipinski definition) is 2. The number of piperidine rings is 1. The van der Waals surface area contributed by atoms with Crippen LogP contribution in [0.15, 0.2) is 30.3 Å². The molecule has 0 aliphatic carbocycles. The topological polar surface area (TPSA) is 32.3 Å². The van der Waals surface area contributed by atoms with Gasteiger partial charge in [0.15, 0.2) is 0 Å². The zero-order valence-electron chi connectivity index (χ0n) is 12.9. The predicted octanol–water partition coefficient (Wildman–Crippen LogP) is 2.78. The second-order valence-electron chi connectivity index (χ2n) is 6.49. The lowest BCUT2D eigenvalue weighted by molar-refractivity contribution is -0.133. The molecule has 3 nitrogen and oxygen atoms in total. The lowest BCUT2D eigenvalue weighted by Crippen LogP contribution is -2.49. The minimum atomic E-state index is 0.0539. The molecule has 3 atom stereocenters. The Balaban J connectivity index is 1.59. The van der Waals surface area contributed by atoms with Gasteiger partial charge in [-0.25, -0.2) is 0 Å². The number of carbonyl (C=O) groups excluding carboxylic acids is 1. The first-order chi connectivity index (χ1) is 10.3. The van der Waals surface area contributed by atoms with Gasteiger partial charge in [-0.2, -0.15) is 0 Å². The molecule has 1 aromatic carbocycles. The summed E-state index contributed by atoms with van der Waals surface area (Å²) < 4.78 is 0. The highest BCUT2D eigenvalue weighted by Gasteiger charge is 2.33. The van der Waals surface area contributed by atoms with E-state index in [1.807, 2.05) is 0 Å². The molecule has 0 radical (unpaired) electrons. The van der Waals surface area contributed by atoms with Crippen molar-refractivity contribution in [3.8, 4) is 0 Å². The monoisotopic (exact) mass is 286 g/mol. The average Bonchev–Trinajstić information content (AvgIpc) is 3.05. The van der Waals surface area contributed by atoms with Crippen LogP contribution in [0.25, 0.3) is 0 Å². The molecule has 1 N–H and O–H groups in total. The van der Waals surface area contributed by atoms with Crippen molar-refractivity contribution in [3.63, 3.8) is 0 Å². The number of nitrogens with one attached hydrogen (secondary N) is 1. The van der Waals surface area contributed by atoms with E-state index >= 15 is 0 Å². The Morgan fingerprint density at radius 1 is 1.29 bits per heavy atom. The Morgan fingerprint density at radius 3 is 2.86 bits per heavy atom. The number of amides is 1. The van der Waals surface area contributed by atoms with Crippen LogP contribution in [0.5, 0.6) is 0 Å². The fourth-order valence-corrected chi connectivity index (χ4v) is 3.73. The highest BCUT2D eigenvalue weighted by atomic mass is 16.2. The molecule has 2 saturated heterocycles.